The van der Waals surface area contributed by atoms with Crippen molar-refractivity contribution in [2.75, 3.05) is 26.2 Å². The first-order valence-corrected chi connectivity index (χ1v) is 7.32. The Morgan fingerprint density at radius 3 is 2.38 bits per heavy atom. The number of hydrogen-bond donors (Lipinski definition) is 6. The van der Waals surface area contributed by atoms with Gasteiger partial charge in [0, 0.05) is 19.5 Å². The van der Waals surface area contributed by atoms with E-state index in [0.717, 1.165) is 6.42 Å². The Morgan fingerprint density at radius 2 is 1.81 bits per heavy atom. The summed E-state index contributed by atoms with van der Waals surface area (Å²) in [6.07, 6.45) is 2.05. The molecule has 0 aromatic carbocycles. The lowest BCUT2D eigenvalue weighted by molar-refractivity contribution is -0.142. The molecule has 0 saturated heterocycles. The summed E-state index contributed by atoms with van der Waals surface area (Å²) < 4.78 is 0. The van der Waals surface area contributed by atoms with E-state index in [1.54, 1.807) is 0 Å². The van der Waals surface area contributed by atoms with Crippen LogP contribution in [-0.4, -0.2) is 60.4 Å². The number of carboxylic acid groups (broad SMARTS) is 1. The van der Waals surface area contributed by atoms with Gasteiger partial charge in [-0.2, -0.15) is 0 Å². The van der Waals surface area contributed by atoms with E-state index >= 15 is 0 Å². The summed E-state index contributed by atoms with van der Waals surface area (Å²) in [5.74, 6) is -1.38. The van der Waals surface area contributed by atoms with Gasteiger partial charge < -0.3 is 32.3 Å². The standard InChI is InChI=1S/C13H28N4O4/c14-6-4-10(18)9-16-8-2-1-3-11(13(20)21)17-12(19)5-7-15/h10-11,16,18H,1-9,14-15H2,(H,17,19)(H,20,21)/t10?,11-/m0/s1. The predicted octanol–water partition coefficient (Wildman–Crippen LogP) is -1.63. The van der Waals surface area contributed by atoms with Gasteiger partial charge in [-0.1, -0.05) is 0 Å². The number of carboxylic acids is 1. The fourth-order valence-electron chi connectivity index (χ4n) is 1.82. The van der Waals surface area contributed by atoms with Gasteiger partial charge in [-0.15, -0.1) is 0 Å². The first-order valence-electron chi connectivity index (χ1n) is 7.32. The second-order valence-corrected chi connectivity index (χ2v) is 4.93. The molecule has 21 heavy (non-hydrogen) atoms. The molecule has 0 aliphatic heterocycles. The minimum absolute atomic E-state index is 0.129. The number of aliphatic carboxylic acids is 1. The van der Waals surface area contributed by atoms with Crippen molar-refractivity contribution in [2.45, 2.75) is 44.2 Å². The number of carbonyl (C=O) groups is 2. The highest BCUT2D eigenvalue weighted by Gasteiger charge is 2.18. The highest BCUT2D eigenvalue weighted by atomic mass is 16.4. The van der Waals surface area contributed by atoms with E-state index in [2.05, 4.69) is 10.6 Å². The molecular formula is C13H28N4O4. The number of nitrogens with two attached hydrogens (primary N) is 2. The molecule has 0 spiro atoms. The molecule has 0 aromatic heterocycles. The highest BCUT2D eigenvalue weighted by Crippen LogP contribution is 2.01. The number of unbranched alkanes of at least 4 members (excludes halogenated alkanes) is 1. The quantitative estimate of drug-likeness (QED) is 0.224. The third-order valence-electron chi connectivity index (χ3n) is 2.98. The van der Waals surface area contributed by atoms with Crippen LogP contribution in [0.5, 0.6) is 0 Å². The molecule has 124 valence electrons. The van der Waals surface area contributed by atoms with Gasteiger partial charge in [0.25, 0.3) is 0 Å². The molecule has 8 heteroatoms. The van der Waals surface area contributed by atoms with Crippen molar-refractivity contribution < 1.29 is 19.8 Å². The van der Waals surface area contributed by atoms with Gasteiger partial charge in [-0.05, 0) is 38.8 Å². The van der Waals surface area contributed by atoms with Crippen LogP contribution in [-0.2, 0) is 9.59 Å². The van der Waals surface area contributed by atoms with Crippen LogP contribution in [0.4, 0.5) is 0 Å². The Bertz CT molecular complexity index is 302. The fraction of sp³-hybridized carbons (Fsp3) is 0.846. The second-order valence-electron chi connectivity index (χ2n) is 4.93. The Kier molecular flexibility index (Phi) is 11.8. The van der Waals surface area contributed by atoms with Crippen molar-refractivity contribution in [3.63, 3.8) is 0 Å². The van der Waals surface area contributed by atoms with E-state index in [4.69, 9.17) is 16.6 Å². The molecule has 8 N–H and O–H groups in total. The summed E-state index contributed by atoms with van der Waals surface area (Å²) in [5.41, 5.74) is 10.6. The monoisotopic (exact) mass is 304 g/mol. The van der Waals surface area contributed by atoms with Crippen molar-refractivity contribution in [3.8, 4) is 0 Å². The molecule has 0 fully saturated rings. The zero-order valence-electron chi connectivity index (χ0n) is 12.4. The predicted molar refractivity (Wildman–Crippen MR) is 79.6 cm³/mol. The van der Waals surface area contributed by atoms with Gasteiger partial charge in [0.15, 0.2) is 0 Å². The molecule has 0 aliphatic rings. The minimum atomic E-state index is -1.04. The Hall–Kier alpha value is -1.22. The van der Waals surface area contributed by atoms with Crippen molar-refractivity contribution in [2.24, 2.45) is 11.5 Å². The van der Waals surface area contributed by atoms with Crippen LogP contribution in [0.3, 0.4) is 0 Å². The minimum Gasteiger partial charge on any atom is -0.480 e. The van der Waals surface area contributed by atoms with Crippen molar-refractivity contribution in [3.05, 3.63) is 0 Å². The molecule has 0 aromatic rings. The zero-order chi connectivity index (χ0) is 16.1. The average molecular weight is 304 g/mol. The summed E-state index contributed by atoms with van der Waals surface area (Å²) in [6.45, 7) is 1.82. The number of nitrogens with one attached hydrogen (secondary N) is 2. The average Bonchev–Trinajstić information content (AvgIpc) is 2.41. The van der Waals surface area contributed by atoms with Crippen LogP contribution in [0, 0.1) is 0 Å². The number of aliphatic hydroxyl groups is 1. The first kappa shape index (κ1) is 19.8. The summed E-state index contributed by atoms with van der Waals surface area (Å²) in [5, 5.41) is 24.0. The van der Waals surface area contributed by atoms with Gasteiger partial charge in [-0.25, -0.2) is 4.79 Å². The number of rotatable bonds is 13. The molecule has 0 heterocycles. The Morgan fingerprint density at radius 1 is 1.10 bits per heavy atom. The molecule has 0 saturated carbocycles. The van der Waals surface area contributed by atoms with Crippen molar-refractivity contribution >= 4 is 11.9 Å². The van der Waals surface area contributed by atoms with Crippen molar-refractivity contribution in [1.29, 1.82) is 0 Å². The first-order chi connectivity index (χ1) is 10.0. The number of aliphatic hydroxyl groups excluding tert-OH is 1. The maximum absolute atomic E-state index is 11.3. The van der Waals surface area contributed by atoms with Gasteiger partial charge in [0.1, 0.15) is 6.04 Å². The SMILES string of the molecule is NCCC(=O)N[C@@H](CCCCNCC(O)CCN)C(=O)O. The largest absolute Gasteiger partial charge is 0.480 e. The molecular weight excluding hydrogens is 276 g/mol. The lowest BCUT2D eigenvalue weighted by Crippen LogP contribution is -2.41. The summed E-state index contributed by atoms with van der Waals surface area (Å²) in [6, 6.07) is -0.869. The normalized spacial score (nSPS) is 13.7. The maximum Gasteiger partial charge on any atom is 0.326 e. The molecule has 0 aliphatic carbocycles. The Labute approximate surface area is 125 Å². The Balaban J connectivity index is 3.75. The molecule has 0 bridgehead atoms. The van der Waals surface area contributed by atoms with Crippen LogP contribution >= 0.6 is 0 Å². The topological polar surface area (TPSA) is 151 Å². The van der Waals surface area contributed by atoms with Gasteiger partial charge >= 0.3 is 5.97 Å². The van der Waals surface area contributed by atoms with Crippen LogP contribution in [0.15, 0.2) is 0 Å². The highest BCUT2D eigenvalue weighted by molar-refractivity contribution is 5.83. The fourth-order valence-corrected chi connectivity index (χ4v) is 1.82. The third-order valence-corrected chi connectivity index (χ3v) is 2.98. The van der Waals surface area contributed by atoms with E-state index in [-0.39, 0.29) is 18.9 Å². The number of hydrogen-bond acceptors (Lipinski definition) is 6. The van der Waals surface area contributed by atoms with Crippen LogP contribution in [0.1, 0.15) is 32.1 Å². The summed E-state index contributed by atoms with van der Waals surface area (Å²) >= 11 is 0. The molecule has 8 nitrogen and oxygen atoms in total. The van der Waals surface area contributed by atoms with Crippen molar-refractivity contribution in [1.82, 2.24) is 10.6 Å². The smallest absolute Gasteiger partial charge is 0.326 e. The van der Waals surface area contributed by atoms with E-state index in [1.165, 1.54) is 0 Å². The van der Waals surface area contributed by atoms with E-state index in [0.29, 0.717) is 38.9 Å². The summed E-state index contributed by atoms with van der Waals surface area (Å²) in [4.78, 5) is 22.3. The van der Waals surface area contributed by atoms with Crippen LogP contribution < -0.4 is 22.1 Å². The molecule has 1 unspecified atom stereocenters. The zero-order valence-corrected chi connectivity index (χ0v) is 12.4. The number of amides is 1. The van der Waals surface area contributed by atoms with E-state index < -0.39 is 18.1 Å². The number of carbonyl (C=O) groups excluding carboxylic acids is 1. The van der Waals surface area contributed by atoms with Crippen LogP contribution in [0.25, 0.3) is 0 Å². The maximum atomic E-state index is 11.3. The molecule has 0 radical (unpaired) electrons. The van der Waals surface area contributed by atoms with Gasteiger partial charge in [0.2, 0.25) is 5.91 Å². The van der Waals surface area contributed by atoms with E-state index in [9.17, 15) is 14.7 Å². The van der Waals surface area contributed by atoms with Crippen LogP contribution in [0.2, 0.25) is 0 Å². The third kappa shape index (κ3) is 11.1. The van der Waals surface area contributed by atoms with Gasteiger partial charge in [0.05, 0.1) is 6.10 Å². The van der Waals surface area contributed by atoms with Gasteiger partial charge in [-0.3, -0.25) is 4.79 Å². The molecule has 0 rings (SSSR count). The molecule has 1 amide bonds. The van der Waals surface area contributed by atoms with E-state index in [1.807, 2.05) is 0 Å². The molecule has 2 atom stereocenters. The second kappa shape index (κ2) is 12.5. The lowest BCUT2D eigenvalue weighted by Gasteiger charge is -2.14. The summed E-state index contributed by atoms with van der Waals surface area (Å²) in [7, 11) is 0. The lowest BCUT2D eigenvalue weighted by atomic mass is 10.1.